The summed E-state index contributed by atoms with van der Waals surface area (Å²) < 4.78 is 14.9. The molecule has 138 valence electrons. The van der Waals surface area contributed by atoms with Gasteiger partial charge in [0.25, 0.3) is 5.56 Å². The van der Waals surface area contributed by atoms with Gasteiger partial charge in [-0.05, 0) is 42.5 Å². The maximum absolute atomic E-state index is 13.7. The van der Waals surface area contributed by atoms with E-state index in [-0.39, 0.29) is 17.0 Å². The molecule has 4 aromatic rings. The van der Waals surface area contributed by atoms with E-state index < -0.39 is 11.4 Å². The van der Waals surface area contributed by atoms with E-state index in [0.717, 1.165) is 6.07 Å². The first-order valence-electron chi connectivity index (χ1n) is 8.34. The number of hydrogen-bond acceptors (Lipinski definition) is 4. The third kappa shape index (κ3) is 3.25. The third-order valence-corrected chi connectivity index (χ3v) is 4.46. The lowest BCUT2D eigenvalue weighted by atomic mass is 10.2. The summed E-state index contributed by atoms with van der Waals surface area (Å²) in [6.07, 6.45) is 2.87. The molecule has 0 fully saturated rings. The lowest BCUT2D eigenvalue weighted by molar-refractivity contribution is 0.511. The Labute approximate surface area is 164 Å². The predicted molar refractivity (Wildman–Crippen MR) is 107 cm³/mol. The van der Waals surface area contributed by atoms with Crippen molar-refractivity contribution in [3.05, 3.63) is 99.6 Å². The van der Waals surface area contributed by atoms with Crippen LogP contribution in [0.5, 0.6) is 0 Å². The van der Waals surface area contributed by atoms with Crippen molar-refractivity contribution in [2.24, 2.45) is 0 Å². The summed E-state index contributed by atoms with van der Waals surface area (Å²) in [5.74, 6) is -0.577. The van der Waals surface area contributed by atoms with E-state index in [2.05, 4.69) is 9.97 Å². The number of rotatable bonds is 3. The second-order valence-electron chi connectivity index (χ2n) is 5.97. The number of aliphatic hydroxyl groups excluding tert-OH is 1. The first-order chi connectivity index (χ1) is 13.5. The summed E-state index contributed by atoms with van der Waals surface area (Å²) in [6, 6.07) is 15.6. The Morgan fingerprint density at radius 2 is 1.89 bits per heavy atom. The van der Waals surface area contributed by atoms with Crippen LogP contribution in [0.4, 0.5) is 4.39 Å². The van der Waals surface area contributed by atoms with Gasteiger partial charge in [0.15, 0.2) is 0 Å². The van der Waals surface area contributed by atoms with Gasteiger partial charge in [-0.15, -0.1) is 0 Å². The smallest absolute Gasteiger partial charge is 0.266 e. The molecule has 0 bridgehead atoms. The van der Waals surface area contributed by atoms with Crippen molar-refractivity contribution in [2.45, 2.75) is 0 Å². The zero-order chi connectivity index (χ0) is 19.7. The van der Waals surface area contributed by atoms with Crippen molar-refractivity contribution in [3.8, 4) is 5.69 Å². The topological polar surface area (TPSA) is 68.0 Å². The van der Waals surface area contributed by atoms with Gasteiger partial charge in [-0.3, -0.25) is 14.3 Å². The summed E-state index contributed by atoms with van der Waals surface area (Å²) in [4.78, 5) is 21.7. The fourth-order valence-corrected chi connectivity index (χ4v) is 3.07. The second kappa shape index (κ2) is 7.25. The predicted octanol–water partition coefficient (Wildman–Crippen LogP) is 4.63. The lowest BCUT2D eigenvalue weighted by Gasteiger charge is -2.13. The molecule has 0 unspecified atom stereocenters. The van der Waals surface area contributed by atoms with Crippen LogP contribution >= 0.6 is 11.6 Å². The van der Waals surface area contributed by atoms with Crippen LogP contribution in [0.2, 0.25) is 5.02 Å². The van der Waals surface area contributed by atoms with Gasteiger partial charge in [0, 0.05) is 12.3 Å². The average Bonchev–Trinajstić information content (AvgIpc) is 2.70. The van der Waals surface area contributed by atoms with Gasteiger partial charge in [-0.1, -0.05) is 29.8 Å². The minimum atomic E-state index is -0.545. The summed E-state index contributed by atoms with van der Waals surface area (Å²) in [5.41, 5.74) is 0.488. The Balaban J connectivity index is 2.05. The Kier molecular flexibility index (Phi) is 4.63. The number of fused-ring (bicyclic) bond motifs is 1. The van der Waals surface area contributed by atoms with Gasteiger partial charge in [0.1, 0.15) is 23.1 Å². The number of halogens is 2. The highest BCUT2D eigenvalue weighted by atomic mass is 35.5. The molecular weight excluding hydrogens is 381 g/mol. The third-order valence-electron chi connectivity index (χ3n) is 4.14. The van der Waals surface area contributed by atoms with Gasteiger partial charge in [0.05, 0.1) is 21.6 Å². The standard InChI is InChI=1S/C21H13ClFN3O2/c22-15-5-1-2-7-18(15)26-20(12-19(27)17-6-3-4-10-24-17)25-16-9-8-13(23)11-14(16)21(26)28/h1-12,27H/b19-12-. The van der Waals surface area contributed by atoms with E-state index in [1.165, 1.54) is 29.0 Å². The number of para-hydroxylation sites is 1. The molecule has 0 radical (unpaired) electrons. The largest absolute Gasteiger partial charge is 0.506 e. The van der Waals surface area contributed by atoms with E-state index in [9.17, 15) is 14.3 Å². The molecule has 28 heavy (non-hydrogen) atoms. The van der Waals surface area contributed by atoms with Gasteiger partial charge in [0.2, 0.25) is 0 Å². The van der Waals surface area contributed by atoms with E-state index in [4.69, 9.17) is 11.6 Å². The maximum atomic E-state index is 13.7. The summed E-state index contributed by atoms with van der Waals surface area (Å²) in [5, 5.41) is 10.9. The van der Waals surface area contributed by atoms with E-state index in [1.807, 2.05) is 0 Å². The number of aliphatic hydroxyl groups is 1. The minimum Gasteiger partial charge on any atom is -0.506 e. The molecular formula is C21H13ClFN3O2. The van der Waals surface area contributed by atoms with Crippen LogP contribution in [-0.2, 0) is 0 Å². The molecule has 0 aliphatic heterocycles. The molecule has 0 aliphatic rings. The van der Waals surface area contributed by atoms with Gasteiger partial charge in [-0.25, -0.2) is 9.37 Å². The Hall–Kier alpha value is -3.51. The number of hydrogen-bond donors (Lipinski definition) is 1. The first kappa shape index (κ1) is 17.9. The quantitative estimate of drug-likeness (QED) is 0.515. The van der Waals surface area contributed by atoms with Crippen LogP contribution in [-0.4, -0.2) is 19.6 Å². The highest BCUT2D eigenvalue weighted by Crippen LogP contribution is 2.23. The van der Waals surface area contributed by atoms with Crippen LogP contribution in [0, 0.1) is 5.82 Å². The normalized spacial score (nSPS) is 11.7. The molecule has 0 amide bonds. The summed E-state index contributed by atoms with van der Waals surface area (Å²) >= 11 is 6.28. The lowest BCUT2D eigenvalue weighted by Crippen LogP contribution is -2.23. The molecule has 2 aromatic carbocycles. The second-order valence-corrected chi connectivity index (χ2v) is 6.38. The van der Waals surface area contributed by atoms with Crippen molar-refractivity contribution in [3.63, 3.8) is 0 Å². The highest BCUT2D eigenvalue weighted by Gasteiger charge is 2.15. The molecule has 0 aliphatic carbocycles. The Morgan fingerprint density at radius 1 is 1.11 bits per heavy atom. The summed E-state index contributed by atoms with van der Waals surface area (Å²) in [6.45, 7) is 0. The van der Waals surface area contributed by atoms with Crippen molar-refractivity contribution < 1.29 is 9.50 Å². The number of benzene rings is 2. The molecule has 4 rings (SSSR count). The monoisotopic (exact) mass is 393 g/mol. The van der Waals surface area contributed by atoms with E-state index in [0.29, 0.717) is 21.9 Å². The molecule has 0 atom stereocenters. The molecule has 2 heterocycles. The van der Waals surface area contributed by atoms with Crippen molar-refractivity contribution >= 4 is 34.3 Å². The van der Waals surface area contributed by atoms with Crippen LogP contribution in [0.3, 0.4) is 0 Å². The number of aromatic nitrogens is 3. The van der Waals surface area contributed by atoms with Gasteiger partial charge >= 0.3 is 0 Å². The van der Waals surface area contributed by atoms with Crippen LogP contribution in [0.25, 0.3) is 28.4 Å². The van der Waals surface area contributed by atoms with Crippen LogP contribution in [0.15, 0.2) is 71.7 Å². The van der Waals surface area contributed by atoms with Gasteiger partial charge < -0.3 is 5.11 Å². The van der Waals surface area contributed by atoms with E-state index in [1.54, 1.807) is 42.5 Å². The fourth-order valence-electron chi connectivity index (χ4n) is 2.85. The first-order valence-corrected chi connectivity index (χ1v) is 8.71. The Morgan fingerprint density at radius 3 is 2.64 bits per heavy atom. The van der Waals surface area contributed by atoms with Crippen molar-refractivity contribution in [1.29, 1.82) is 0 Å². The molecule has 2 aromatic heterocycles. The SMILES string of the molecule is O=c1c2cc(F)ccc2nc(/C=C(\O)c2ccccn2)n1-c1ccccc1Cl. The highest BCUT2D eigenvalue weighted by molar-refractivity contribution is 6.32. The fraction of sp³-hybridized carbons (Fsp3) is 0. The minimum absolute atomic E-state index is 0.106. The number of pyridine rings is 1. The van der Waals surface area contributed by atoms with Crippen molar-refractivity contribution in [2.75, 3.05) is 0 Å². The number of nitrogens with zero attached hydrogens (tertiary/aromatic N) is 3. The zero-order valence-electron chi connectivity index (χ0n) is 14.4. The molecule has 0 saturated carbocycles. The summed E-state index contributed by atoms with van der Waals surface area (Å²) in [7, 11) is 0. The molecule has 0 saturated heterocycles. The zero-order valence-corrected chi connectivity index (χ0v) is 15.1. The van der Waals surface area contributed by atoms with Crippen LogP contribution in [0.1, 0.15) is 11.5 Å². The Bertz CT molecular complexity index is 1270. The van der Waals surface area contributed by atoms with Crippen molar-refractivity contribution in [1.82, 2.24) is 14.5 Å². The maximum Gasteiger partial charge on any atom is 0.266 e. The van der Waals surface area contributed by atoms with E-state index >= 15 is 0 Å². The average molecular weight is 394 g/mol. The van der Waals surface area contributed by atoms with Crippen LogP contribution < -0.4 is 5.56 Å². The molecule has 5 nitrogen and oxygen atoms in total. The van der Waals surface area contributed by atoms with Gasteiger partial charge in [-0.2, -0.15) is 0 Å². The molecule has 7 heteroatoms. The molecule has 1 N–H and O–H groups in total. The molecule has 0 spiro atoms.